The number of benzene rings is 1. The summed E-state index contributed by atoms with van der Waals surface area (Å²) in [5.41, 5.74) is 0.412. The van der Waals surface area contributed by atoms with E-state index in [1.165, 1.54) is 0 Å². The van der Waals surface area contributed by atoms with Gasteiger partial charge in [-0.2, -0.15) is 0 Å². The fraction of sp³-hybridized carbons (Fsp3) is 0.312. The zero-order chi connectivity index (χ0) is 17.7. The molecular formula is C16H19ClN4O3. The van der Waals surface area contributed by atoms with Gasteiger partial charge in [0, 0.05) is 18.7 Å². The van der Waals surface area contributed by atoms with Crippen LogP contribution in [0.1, 0.15) is 0 Å². The van der Waals surface area contributed by atoms with Crippen molar-refractivity contribution in [3.05, 3.63) is 45.8 Å². The summed E-state index contributed by atoms with van der Waals surface area (Å²) in [6.07, 6.45) is 0. The third kappa shape index (κ3) is 4.33. The molecule has 0 radical (unpaired) electrons. The molecule has 1 aromatic heterocycles. The molecule has 0 aliphatic heterocycles. The number of anilines is 1. The van der Waals surface area contributed by atoms with Gasteiger partial charge in [-0.15, -0.1) is 0 Å². The summed E-state index contributed by atoms with van der Waals surface area (Å²) in [5.74, 6) is -1.08. The van der Waals surface area contributed by atoms with E-state index in [1.807, 2.05) is 25.1 Å². The summed E-state index contributed by atoms with van der Waals surface area (Å²) in [5, 5.41) is 12.1. The normalized spacial score (nSPS) is 10.8. The van der Waals surface area contributed by atoms with Gasteiger partial charge in [-0.05, 0) is 14.1 Å². The second kappa shape index (κ2) is 7.94. The van der Waals surface area contributed by atoms with Crippen LogP contribution in [-0.2, 0) is 11.3 Å². The first-order chi connectivity index (χ1) is 11.4. The zero-order valence-electron chi connectivity index (χ0n) is 13.5. The van der Waals surface area contributed by atoms with Crippen molar-refractivity contribution in [2.45, 2.75) is 6.54 Å². The molecule has 0 aliphatic rings. The van der Waals surface area contributed by atoms with Crippen LogP contribution in [0.4, 0.5) is 5.82 Å². The van der Waals surface area contributed by atoms with Crippen LogP contribution in [0.2, 0.25) is 5.15 Å². The summed E-state index contributed by atoms with van der Waals surface area (Å²) in [4.78, 5) is 29.9. The van der Waals surface area contributed by atoms with Crippen molar-refractivity contribution in [2.75, 3.05) is 32.5 Å². The lowest BCUT2D eigenvalue weighted by Crippen LogP contribution is -2.31. The summed E-state index contributed by atoms with van der Waals surface area (Å²) >= 11 is 6.25. The molecule has 2 aromatic rings. The van der Waals surface area contributed by atoms with Crippen LogP contribution >= 0.6 is 11.6 Å². The molecular weight excluding hydrogens is 332 g/mol. The van der Waals surface area contributed by atoms with Gasteiger partial charge >= 0.3 is 5.97 Å². The van der Waals surface area contributed by atoms with Crippen molar-refractivity contribution in [2.24, 2.45) is 0 Å². The van der Waals surface area contributed by atoms with Gasteiger partial charge in [0.2, 0.25) is 0 Å². The molecule has 128 valence electrons. The smallest absolute Gasteiger partial charge is 0.323 e. The molecule has 2 rings (SSSR count). The Morgan fingerprint density at radius 3 is 2.58 bits per heavy atom. The van der Waals surface area contributed by atoms with E-state index in [9.17, 15) is 9.59 Å². The van der Waals surface area contributed by atoms with E-state index in [1.54, 1.807) is 24.3 Å². The van der Waals surface area contributed by atoms with Crippen molar-refractivity contribution in [3.63, 3.8) is 0 Å². The highest BCUT2D eigenvalue weighted by Crippen LogP contribution is 2.25. The summed E-state index contributed by atoms with van der Waals surface area (Å²) in [7, 11) is 3.81. The third-order valence-electron chi connectivity index (χ3n) is 3.32. The predicted octanol–water partition coefficient (Wildman–Crippen LogP) is 1.62. The Bertz CT molecular complexity index is 775. The summed E-state index contributed by atoms with van der Waals surface area (Å²) in [6.45, 7) is 0.690. The van der Waals surface area contributed by atoms with Gasteiger partial charge in [-0.25, -0.2) is 4.98 Å². The number of aliphatic carboxylic acids is 1. The number of hydrogen-bond acceptors (Lipinski definition) is 5. The maximum atomic E-state index is 12.6. The van der Waals surface area contributed by atoms with Crippen molar-refractivity contribution in [1.82, 2.24) is 14.5 Å². The molecule has 1 aromatic carbocycles. The number of nitrogens with one attached hydrogen (secondary N) is 1. The first-order valence-corrected chi connectivity index (χ1v) is 7.74. The topological polar surface area (TPSA) is 87.5 Å². The van der Waals surface area contributed by atoms with Crippen molar-refractivity contribution in [3.8, 4) is 11.3 Å². The van der Waals surface area contributed by atoms with E-state index in [0.29, 0.717) is 24.3 Å². The van der Waals surface area contributed by atoms with Crippen molar-refractivity contribution in [1.29, 1.82) is 0 Å². The van der Waals surface area contributed by atoms with E-state index in [2.05, 4.69) is 10.3 Å². The van der Waals surface area contributed by atoms with Gasteiger partial charge in [0.15, 0.2) is 11.0 Å². The summed E-state index contributed by atoms with van der Waals surface area (Å²) < 4.78 is 1.13. The zero-order valence-corrected chi connectivity index (χ0v) is 14.2. The van der Waals surface area contributed by atoms with Crippen LogP contribution in [0.15, 0.2) is 35.1 Å². The fourth-order valence-electron chi connectivity index (χ4n) is 2.21. The average molecular weight is 351 g/mol. The molecule has 1 heterocycles. The van der Waals surface area contributed by atoms with Gasteiger partial charge in [-0.1, -0.05) is 41.9 Å². The first-order valence-electron chi connectivity index (χ1n) is 7.36. The molecule has 0 spiro atoms. The Labute approximate surface area is 144 Å². The SMILES string of the molecule is CN(C)CCNc1nc(Cl)c(-c2ccccc2)n(CC(=O)O)c1=O. The predicted molar refractivity (Wildman–Crippen MR) is 93.6 cm³/mol. The quantitative estimate of drug-likeness (QED) is 0.789. The molecule has 0 aliphatic carbocycles. The number of aromatic nitrogens is 2. The lowest BCUT2D eigenvalue weighted by Gasteiger charge is -2.16. The number of halogens is 1. The van der Waals surface area contributed by atoms with Crippen LogP contribution in [0, 0.1) is 0 Å². The van der Waals surface area contributed by atoms with Gasteiger partial charge in [0.25, 0.3) is 5.56 Å². The van der Waals surface area contributed by atoms with Crippen LogP contribution < -0.4 is 10.9 Å². The van der Waals surface area contributed by atoms with E-state index in [0.717, 1.165) is 4.57 Å². The molecule has 0 saturated carbocycles. The molecule has 24 heavy (non-hydrogen) atoms. The van der Waals surface area contributed by atoms with Crippen LogP contribution in [0.25, 0.3) is 11.3 Å². The molecule has 0 fully saturated rings. The maximum Gasteiger partial charge on any atom is 0.323 e. The Kier molecular flexibility index (Phi) is 5.94. The van der Waals surface area contributed by atoms with Gasteiger partial charge < -0.3 is 15.3 Å². The van der Waals surface area contributed by atoms with Crippen molar-refractivity contribution >= 4 is 23.4 Å². The average Bonchev–Trinajstić information content (AvgIpc) is 2.52. The Balaban J connectivity index is 2.50. The minimum atomic E-state index is -1.13. The van der Waals surface area contributed by atoms with E-state index in [-0.39, 0.29) is 11.0 Å². The minimum Gasteiger partial charge on any atom is -0.480 e. The molecule has 7 nitrogen and oxygen atoms in total. The fourth-order valence-corrected chi connectivity index (χ4v) is 2.51. The highest BCUT2D eigenvalue weighted by molar-refractivity contribution is 6.32. The first kappa shape index (κ1) is 18.0. The Hall–Kier alpha value is -2.38. The molecule has 0 atom stereocenters. The van der Waals surface area contributed by atoms with Crippen LogP contribution in [0.5, 0.6) is 0 Å². The standard InChI is InChI=1S/C16H19ClN4O3/c1-20(2)9-8-18-15-16(24)21(10-12(22)23)13(14(17)19-15)11-6-4-3-5-7-11/h3-7H,8-10H2,1-2H3,(H,18,19)(H,22,23). The van der Waals surface area contributed by atoms with Gasteiger partial charge in [0.1, 0.15) is 6.54 Å². The van der Waals surface area contributed by atoms with Crippen molar-refractivity contribution < 1.29 is 9.90 Å². The number of likely N-dealkylation sites (N-methyl/N-ethyl adjacent to an activating group) is 1. The largest absolute Gasteiger partial charge is 0.480 e. The number of carboxylic acid groups (broad SMARTS) is 1. The second-order valence-corrected chi connectivity index (χ2v) is 5.84. The van der Waals surface area contributed by atoms with Crippen LogP contribution in [0.3, 0.4) is 0 Å². The second-order valence-electron chi connectivity index (χ2n) is 5.48. The summed E-state index contributed by atoms with van der Waals surface area (Å²) in [6, 6.07) is 8.89. The molecule has 0 saturated heterocycles. The highest BCUT2D eigenvalue weighted by atomic mass is 35.5. The van der Waals surface area contributed by atoms with Gasteiger partial charge in [0.05, 0.1) is 5.69 Å². The lowest BCUT2D eigenvalue weighted by atomic mass is 10.1. The molecule has 0 bridgehead atoms. The Morgan fingerprint density at radius 1 is 1.33 bits per heavy atom. The van der Waals surface area contributed by atoms with Gasteiger partial charge in [-0.3, -0.25) is 14.2 Å². The van der Waals surface area contributed by atoms with Crippen LogP contribution in [-0.4, -0.2) is 52.7 Å². The van der Waals surface area contributed by atoms with E-state index < -0.39 is 18.1 Å². The number of hydrogen-bond donors (Lipinski definition) is 2. The number of carbonyl (C=O) groups is 1. The van der Waals surface area contributed by atoms with E-state index in [4.69, 9.17) is 16.7 Å². The molecule has 0 unspecified atom stereocenters. The number of nitrogens with zero attached hydrogens (tertiary/aromatic N) is 3. The number of carboxylic acids is 1. The molecule has 0 amide bonds. The lowest BCUT2D eigenvalue weighted by molar-refractivity contribution is -0.137. The third-order valence-corrected chi connectivity index (χ3v) is 3.58. The Morgan fingerprint density at radius 2 is 2.00 bits per heavy atom. The van der Waals surface area contributed by atoms with E-state index >= 15 is 0 Å². The molecule has 8 heteroatoms. The minimum absolute atomic E-state index is 0.0442. The maximum absolute atomic E-state index is 12.6. The number of rotatable bonds is 7. The monoisotopic (exact) mass is 350 g/mol. The molecule has 2 N–H and O–H groups in total. The highest BCUT2D eigenvalue weighted by Gasteiger charge is 2.18.